The van der Waals surface area contributed by atoms with Crippen molar-refractivity contribution in [3.05, 3.63) is 36.5 Å². The van der Waals surface area contributed by atoms with Crippen LogP contribution in [0.15, 0.2) is 36.5 Å². The van der Waals surface area contributed by atoms with E-state index in [1.165, 1.54) is 89.9 Å². The second kappa shape index (κ2) is 33.9. The Hall–Kier alpha value is -1.47. The summed E-state index contributed by atoms with van der Waals surface area (Å²) in [6.07, 6.45) is 37.3. The molecule has 0 saturated heterocycles. The maximum Gasteiger partial charge on any atom is 0.249 e. The van der Waals surface area contributed by atoms with Gasteiger partial charge in [0, 0.05) is 0 Å². The number of allylic oxidation sites excluding steroid dienone is 6. The Bertz CT molecular complexity index is 722. The van der Waals surface area contributed by atoms with E-state index >= 15 is 0 Å². The van der Waals surface area contributed by atoms with Crippen LogP contribution in [0, 0.1) is 0 Å². The quantitative estimate of drug-likeness (QED) is 0.0365. The molecule has 0 fully saturated rings. The summed E-state index contributed by atoms with van der Waals surface area (Å²) in [5, 5.41) is 43.4. The van der Waals surface area contributed by atoms with Crippen LogP contribution in [-0.2, 0) is 4.79 Å². The molecule has 4 atom stereocenters. The molecule has 6 heteroatoms. The van der Waals surface area contributed by atoms with Gasteiger partial charge in [-0.1, -0.05) is 134 Å². The maximum absolute atomic E-state index is 12.4. The van der Waals surface area contributed by atoms with Crippen molar-refractivity contribution in [2.24, 2.45) is 0 Å². The molecule has 0 radical (unpaired) electrons. The van der Waals surface area contributed by atoms with Crippen molar-refractivity contribution in [1.29, 1.82) is 0 Å². The molecule has 0 aromatic heterocycles. The van der Waals surface area contributed by atoms with Gasteiger partial charge in [-0.3, -0.25) is 4.79 Å². The number of amides is 1. The molecule has 5 N–H and O–H groups in total. The van der Waals surface area contributed by atoms with Gasteiger partial charge in [0.2, 0.25) is 5.91 Å². The molecule has 0 spiro atoms. The molecule has 4 unspecified atom stereocenters. The van der Waals surface area contributed by atoms with Gasteiger partial charge in [-0.05, 0) is 77.0 Å². The third-order valence-corrected chi connectivity index (χ3v) is 8.55. The Kier molecular flexibility index (Phi) is 32.8. The van der Waals surface area contributed by atoms with E-state index in [0.717, 1.165) is 51.4 Å². The minimum absolute atomic E-state index is 0.345. The van der Waals surface area contributed by atoms with Crippen LogP contribution in [-0.4, -0.2) is 57.3 Å². The number of nitrogens with one attached hydrogen (secondary N) is 1. The summed E-state index contributed by atoms with van der Waals surface area (Å²) in [5.41, 5.74) is 0. The maximum atomic E-state index is 12.4. The average Bonchev–Trinajstić information content (AvgIpc) is 3.04. The van der Waals surface area contributed by atoms with E-state index in [1.807, 2.05) is 0 Å². The molecule has 1 amide bonds. The molecule has 0 heterocycles. The predicted octanol–water partition coefficient (Wildman–Crippen LogP) is 9.01. The van der Waals surface area contributed by atoms with Gasteiger partial charge in [-0.25, -0.2) is 0 Å². The molecule has 0 aromatic rings. The van der Waals surface area contributed by atoms with Crippen LogP contribution in [0.3, 0.4) is 0 Å². The van der Waals surface area contributed by atoms with Crippen molar-refractivity contribution in [3.63, 3.8) is 0 Å². The lowest BCUT2D eigenvalue weighted by atomic mass is 10.00. The first kappa shape index (κ1) is 43.5. The van der Waals surface area contributed by atoms with Crippen LogP contribution in [0.5, 0.6) is 0 Å². The number of rotatable bonds is 33. The third-order valence-electron chi connectivity index (χ3n) is 8.55. The van der Waals surface area contributed by atoms with Crippen molar-refractivity contribution in [2.45, 2.75) is 199 Å². The second-order valence-corrected chi connectivity index (χ2v) is 12.9. The molecule has 0 rings (SSSR count). The number of aliphatic hydroxyl groups excluding tert-OH is 4. The Balaban J connectivity index is 3.91. The topological polar surface area (TPSA) is 110 Å². The van der Waals surface area contributed by atoms with Gasteiger partial charge in [-0.15, -0.1) is 0 Å². The van der Waals surface area contributed by atoms with Crippen LogP contribution in [0.2, 0.25) is 0 Å². The zero-order chi connectivity index (χ0) is 33.2. The van der Waals surface area contributed by atoms with Crippen molar-refractivity contribution < 1.29 is 25.2 Å². The van der Waals surface area contributed by atoms with E-state index in [2.05, 4.69) is 55.6 Å². The van der Waals surface area contributed by atoms with Crippen LogP contribution in [0.4, 0.5) is 0 Å². The standard InChI is InChI=1S/C39H73NO5/c1-3-5-7-9-11-13-15-17-19-21-23-25-27-29-31-33-37(43)39(45)40-35(34-41)38(44)36(42)32-30-28-26-24-22-20-18-16-14-12-10-8-6-4-2/h16,18-19,21,24,26,35-38,41-44H,3-15,17,20,22-23,25,27-34H2,1-2H3,(H,40,45)/b18-16+,21-19-,26-24+. The van der Waals surface area contributed by atoms with E-state index in [0.29, 0.717) is 19.3 Å². The fourth-order valence-electron chi connectivity index (χ4n) is 5.47. The zero-order valence-electron chi connectivity index (χ0n) is 29.4. The summed E-state index contributed by atoms with van der Waals surface area (Å²) in [6, 6.07) is -1.01. The summed E-state index contributed by atoms with van der Waals surface area (Å²) in [4.78, 5) is 12.4. The number of carbonyl (C=O) groups excluding carboxylic acids is 1. The predicted molar refractivity (Wildman–Crippen MR) is 191 cm³/mol. The van der Waals surface area contributed by atoms with Gasteiger partial charge in [-0.2, -0.15) is 0 Å². The second-order valence-electron chi connectivity index (χ2n) is 12.9. The molecule has 0 aliphatic carbocycles. The Morgan fingerprint density at radius 2 is 0.933 bits per heavy atom. The largest absolute Gasteiger partial charge is 0.394 e. The van der Waals surface area contributed by atoms with Crippen molar-refractivity contribution in [3.8, 4) is 0 Å². The molecule has 0 aliphatic heterocycles. The minimum Gasteiger partial charge on any atom is -0.394 e. The lowest BCUT2D eigenvalue weighted by Gasteiger charge is -2.27. The fraction of sp³-hybridized carbons (Fsp3) is 0.821. The molecule has 0 bridgehead atoms. The highest BCUT2D eigenvalue weighted by atomic mass is 16.3. The zero-order valence-corrected chi connectivity index (χ0v) is 29.4. The van der Waals surface area contributed by atoms with Crippen LogP contribution >= 0.6 is 0 Å². The smallest absolute Gasteiger partial charge is 0.249 e. The van der Waals surface area contributed by atoms with Crippen molar-refractivity contribution >= 4 is 5.91 Å². The Morgan fingerprint density at radius 3 is 1.40 bits per heavy atom. The number of unbranched alkanes of at least 4 members (excludes halogenated alkanes) is 18. The van der Waals surface area contributed by atoms with Crippen molar-refractivity contribution in [2.75, 3.05) is 6.61 Å². The van der Waals surface area contributed by atoms with E-state index < -0.39 is 36.9 Å². The van der Waals surface area contributed by atoms with E-state index in [-0.39, 0.29) is 0 Å². The lowest BCUT2D eigenvalue weighted by Crippen LogP contribution is -2.53. The number of hydrogen-bond acceptors (Lipinski definition) is 5. The molecule has 0 aliphatic rings. The van der Waals surface area contributed by atoms with E-state index in [9.17, 15) is 25.2 Å². The SMILES string of the molecule is CCCCCCC/C=C/CC/C=C/CCCC(O)C(O)C(CO)NC(=O)C(O)CCCCCC/C=C\CCCCCCCCC. The van der Waals surface area contributed by atoms with Crippen LogP contribution < -0.4 is 5.32 Å². The van der Waals surface area contributed by atoms with E-state index in [1.54, 1.807) is 0 Å². The first-order valence-corrected chi connectivity index (χ1v) is 18.9. The molecule has 6 nitrogen and oxygen atoms in total. The monoisotopic (exact) mass is 636 g/mol. The number of hydrogen-bond donors (Lipinski definition) is 5. The summed E-state index contributed by atoms with van der Waals surface area (Å²) in [5.74, 6) is -0.609. The number of aliphatic hydroxyl groups is 4. The molecule has 0 saturated carbocycles. The van der Waals surface area contributed by atoms with Gasteiger partial charge >= 0.3 is 0 Å². The highest BCUT2D eigenvalue weighted by Gasteiger charge is 2.28. The van der Waals surface area contributed by atoms with E-state index in [4.69, 9.17) is 0 Å². The van der Waals surface area contributed by atoms with Crippen molar-refractivity contribution in [1.82, 2.24) is 5.32 Å². The normalized spacial score (nSPS) is 14.9. The van der Waals surface area contributed by atoms with Gasteiger partial charge in [0.25, 0.3) is 0 Å². The average molecular weight is 636 g/mol. The highest BCUT2D eigenvalue weighted by molar-refractivity contribution is 5.80. The fourth-order valence-corrected chi connectivity index (χ4v) is 5.47. The van der Waals surface area contributed by atoms with Gasteiger partial charge in [0.15, 0.2) is 0 Å². The molecular weight excluding hydrogens is 562 g/mol. The first-order chi connectivity index (χ1) is 22.0. The minimum atomic E-state index is -1.29. The molecule has 264 valence electrons. The van der Waals surface area contributed by atoms with Gasteiger partial charge in [0.05, 0.1) is 18.8 Å². The lowest BCUT2D eigenvalue weighted by molar-refractivity contribution is -0.132. The molecular formula is C39H73NO5. The first-order valence-electron chi connectivity index (χ1n) is 18.9. The highest BCUT2D eigenvalue weighted by Crippen LogP contribution is 2.13. The summed E-state index contributed by atoms with van der Waals surface area (Å²) in [7, 11) is 0. The van der Waals surface area contributed by atoms with Crippen LogP contribution in [0.25, 0.3) is 0 Å². The molecule has 0 aromatic carbocycles. The summed E-state index contributed by atoms with van der Waals surface area (Å²) >= 11 is 0. The van der Waals surface area contributed by atoms with Crippen LogP contribution in [0.1, 0.15) is 174 Å². The number of carbonyl (C=O) groups is 1. The summed E-state index contributed by atoms with van der Waals surface area (Å²) < 4.78 is 0. The van der Waals surface area contributed by atoms with Gasteiger partial charge in [0.1, 0.15) is 12.2 Å². The molecule has 45 heavy (non-hydrogen) atoms. The van der Waals surface area contributed by atoms with Gasteiger partial charge < -0.3 is 25.7 Å². The Morgan fingerprint density at radius 1 is 0.533 bits per heavy atom. The Labute approximate surface area is 277 Å². The third kappa shape index (κ3) is 28.5. The summed E-state index contributed by atoms with van der Waals surface area (Å²) in [6.45, 7) is 3.99.